The smallest absolute Gasteiger partial charge is 0.159 e. The molecule has 0 amide bonds. The lowest BCUT2D eigenvalue weighted by molar-refractivity contribution is 0.370. The van der Waals surface area contributed by atoms with Gasteiger partial charge in [-0.25, -0.2) is 14.4 Å². The van der Waals surface area contributed by atoms with Crippen LogP contribution < -0.4 is 5.32 Å². The van der Waals surface area contributed by atoms with Gasteiger partial charge in [0.15, 0.2) is 5.82 Å². The summed E-state index contributed by atoms with van der Waals surface area (Å²) < 4.78 is 12.5. The molecular formula is C10H15ClFN3. The Bertz CT molecular complexity index is 285. The van der Waals surface area contributed by atoms with Gasteiger partial charge in [-0.1, -0.05) is 0 Å². The predicted octanol–water partition coefficient (Wildman–Crippen LogP) is 1.58. The summed E-state index contributed by atoms with van der Waals surface area (Å²) in [7, 11) is 0. The van der Waals surface area contributed by atoms with Gasteiger partial charge < -0.3 is 5.32 Å². The third-order valence-corrected chi connectivity index (χ3v) is 2.54. The fourth-order valence-electron chi connectivity index (χ4n) is 1.80. The highest BCUT2D eigenvalue weighted by Crippen LogP contribution is 2.13. The Balaban J connectivity index is 0.00000112. The van der Waals surface area contributed by atoms with Gasteiger partial charge >= 0.3 is 0 Å². The maximum Gasteiger partial charge on any atom is 0.159 e. The molecule has 0 aromatic carbocycles. The number of nitrogens with zero attached hydrogens (tertiary/aromatic N) is 2. The van der Waals surface area contributed by atoms with E-state index >= 15 is 0 Å². The number of halogens is 2. The Morgan fingerprint density at radius 2 is 2.13 bits per heavy atom. The molecule has 5 heteroatoms. The van der Waals surface area contributed by atoms with Crippen LogP contribution in [0.5, 0.6) is 0 Å². The molecule has 1 saturated heterocycles. The van der Waals surface area contributed by atoms with E-state index in [1.165, 1.54) is 25.2 Å². The van der Waals surface area contributed by atoms with E-state index in [9.17, 15) is 4.39 Å². The molecule has 0 saturated carbocycles. The van der Waals surface area contributed by atoms with Gasteiger partial charge in [0.1, 0.15) is 5.82 Å². The summed E-state index contributed by atoms with van der Waals surface area (Å²) in [5.41, 5.74) is 0. The molecule has 1 aromatic heterocycles. The first-order chi connectivity index (χ1) is 6.84. The molecule has 3 nitrogen and oxygen atoms in total. The van der Waals surface area contributed by atoms with Crippen molar-refractivity contribution in [3.8, 4) is 0 Å². The summed E-state index contributed by atoms with van der Waals surface area (Å²) in [6.45, 7) is 2.14. The minimum absolute atomic E-state index is 0. The average molecular weight is 232 g/mol. The Hall–Kier alpha value is -0.740. The minimum Gasteiger partial charge on any atom is -0.316 e. The van der Waals surface area contributed by atoms with Crippen LogP contribution in [0.4, 0.5) is 4.39 Å². The molecule has 1 N–H and O–H groups in total. The number of rotatable bonds is 2. The van der Waals surface area contributed by atoms with Crippen LogP contribution in [0.2, 0.25) is 0 Å². The lowest BCUT2D eigenvalue weighted by Crippen LogP contribution is -2.31. The lowest BCUT2D eigenvalue weighted by Gasteiger charge is -2.21. The Kier molecular flexibility index (Phi) is 4.91. The molecular weight excluding hydrogens is 217 g/mol. The van der Waals surface area contributed by atoms with E-state index in [0.717, 1.165) is 25.3 Å². The van der Waals surface area contributed by atoms with Gasteiger partial charge in [0.25, 0.3) is 0 Å². The summed E-state index contributed by atoms with van der Waals surface area (Å²) in [5.74, 6) is 0.991. The van der Waals surface area contributed by atoms with Crippen molar-refractivity contribution < 1.29 is 4.39 Å². The maximum absolute atomic E-state index is 12.5. The minimum atomic E-state index is -0.365. The van der Waals surface area contributed by atoms with E-state index in [0.29, 0.717) is 5.92 Å². The third-order valence-electron chi connectivity index (χ3n) is 2.54. The number of hydrogen-bond acceptors (Lipinski definition) is 3. The van der Waals surface area contributed by atoms with Crippen LogP contribution in [0, 0.1) is 11.7 Å². The second-order valence-corrected chi connectivity index (χ2v) is 3.73. The molecule has 0 aliphatic carbocycles. The Labute approximate surface area is 94.9 Å². The highest BCUT2D eigenvalue weighted by atomic mass is 35.5. The fourth-order valence-corrected chi connectivity index (χ4v) is 1.80. The highest BCUT2D eigenvalue weighted by Gasteiger charge is 2.14. The van der Waals surface area contributed by atoms with Crippen molar-refractivity contribution in [1.82, 2.24) is 15.3 Å². The van der Waals surface area contributed by atoms with Crippen molar-refractivity contribution in [1.29, 1.82) is 0 Å². The zero-order valence-corrected chi connectivity index (χ0v) is 9.26. The zero-order valence-electron chi connectivity index (χ0n) is 8.45. The topological polar surface area (TPSA) is 37.8 Å². The van der Waals surface area contributed by atoms with E-state index < -0.39 is 0 Å². The molecule has 0 radical (unpaired) electrons. The molecule has 2 rings (SSSR count). The van der Waals surface area contributed by atoms with Crippen molar-refractivity contribution in [3.63, 3.8) is 0 Å². The molecule has 1 aliphatic heterocycles. The zero-order chi connectivity index (χ0) is 9.80. The van der Waals surface area contributed by atoms with Crippen LogP contribution in [0.25, 0.3) is 0 Å². The standard InChI is InChI=1S/C10H14FN3.ClH/c11-9-6-13-10(14-7-9)4-8-2-1-3-12-5-8;/h6-8,12H,1-5H2;1H/t8-;/m1./s1. The fraction of sp³-hybridized carbons (Fsp3) is 0.600. The normalized spacial score (nSPS) is 20.7. The highest BCUT2D eigenvalue weighted by molar-refractivity contribution is 5.85. The first kappa shape index (κ1) is 12.3. The molecule has 1 aliphatic rings. The SMILES string of the molecule is Cl.Fc1cnc(C[C@H]2CCCNC2)nc1. The summed E-state index contributed by atoms with van der Waals surface area (Å²) in [6.07, 6.45) is 5.75. The second-order valence-electron chi connectivity index (χ2n) is 3.73. The van der Waals surface area contributed by atoms with Crippen molar-refractivity contribution in [2.24, 2.45) is 5.92 Å². The molecule has 0 unspecified atom stereocenters. The molecule has 15 heavy (non-hydrogen) atoms. The molecule has 2 heterocycles. The van der Waals surface area contributed by atoms with Crippen molar-refractivity contribution in [2.75, 3.05) is 13.1 Å². The van der Waals surface area contributed by atoms with Crippen molar-refractivity contribution >= 4 is 12.4 Å². The molecule has 1 aromatic rings. The van der Waals surface area contributed by atoms with Crippen LogP contribution >= 0.6 is 12.4 Å². The second kappa shape index (κ2) is 5.98. The summed E-state index contributed by atoms with van der Waals surface area (Å²) in [6, 6.07) is 0. The van der Waals surface area contributed by atoms with Crippen LogP contribution in [-0.2, 0) is 6.42 Å². The molecule has 1 fully saturated rings. The number of nitrogens with one attached hydrogen (secondary N) is 1. The summed E-state index contributed by atoms with van der Waals surface area (Å²) in [5, 5.41) is 3.34. The number of hydrogen-bond donors (Lipinski definition) is 1. The monoisotopic (exact) mass is 231 g/mol. The quantitative estimate of drug-likeness (QED) is 0.840. The largest absolute Gasteiger partial charge is 0.316 e. The predicted molar refractivity (Wildman–Crippen MR) is 58.5 cm³/mol. The van der Waals surface area contributed by atoms with Crippen LogP contribution in [0.15, 0.2) is 12.4 Å². The van der Waals surface area contributed by atoms with E-state index in [4.69, 9.17) is 0 Å². The van der Waals surface area contributed by atoms with Gasteiger partial charge in [-0.2, -0.15) is 0 Å². The Morgan fingerprint density at radius 3 is 2.73 bits per heavy atom. The maximum atomic E-state index is 12.5. The van der Waals surface area contributed by atoms with E-state index in [1.54, 1.807) is 0 Å². The van der Waals surface area contributed by atoms with E-state index in [-0.39, 0.29) is 18.2 Å². The van der Waals surface area contributed by atoms with Gasteiger partial charge in [-0.15, -0.1) is 12.4 Å². The molecule has 84 valence electrons. The van der Waals surface area contributed by atoms with Gasteiger partial charge in [-0.3, -0.25) is 0 Å². The summed E-state index contributed by atoms with van der Waals surface area (Å²) >= 11 is 0. The lowest BCUT2D eigenvalue weighted by atomic mass is 9.96. The molecule has 0 bridgehead atoms. The third kappa shape index (κ3) is 3.72. The van der Waals surface area contributed by atoms with E-state index in [1.807, 2.05) is 0 Å². The van der Waals surface area contributed by atoms with Gasteiger partial charge in [0.2, 0.25) is 0 Å². The summed E-state index contributed by atoms with van der Waals surface area (Å²) in [4.78, 5) is 7.92. The van der Waals surface area contributed by atoms with Crippen LogP contribution in [0.1, 0.15) is 18.7 Å². The molecule has 0 spiro atoms. The molecule has 1 atom stereocenters. The van der Waals surface area contributed by atoms with Crippen LogP contribution in [0.3, 0.4) is 0 Å². The van der Waals surface area contributed by atoms with Crippen molar-refractivity contribution in [2.45, 2.75) is 19.3 Å². The Morgan fingerprint density at radius 1 is 1.40 bits per heavy atom. The van der Waals surface area contributed by atoms with Gasteiger partial charge in [0, 0.05) is 6.42 Å². The number of piperidine rings is 1. The van der Waals surface area contributed by atoms with Gasteiger partial charge in [0.05, 0.1) is 12.4 Å². The first-order valence-electron chi connectivity index (χ1n) is 5.02. The van der Waals surface area contributed by atoms with Gasteiger partial charge in [-0.05, 0) is 31.8 Å². The first-order valence-corrected chi connectivity index (χ1v) is 5.02. The van der Waals surface area contributed by atoms with E-state index in [2.05, 4.69) is 15.3 Å². The van der Waals surface area contributed by atoms with Crippen molar-refractivity contribution in [3.05, 3.63) is 24.0 Å². The average Bonchev–Trinajstić information content (AvgIpc) is 2.23. The number of aromatic nitrogens is 2. The van der Waals surface area contributed by atoms with Crippen LogP contribution in [-0.4, -0.2) is 23.1 Å².